The average Bonchev–Trinajstić information content (AvgIpc) is 2.53. The number of amides is 1. The first-order chi connectivity index (χ1) is 10.9. The van der Waals surface area contributed by atoms with Gasteiger partial charge in [-0.25, -0.2) is 9.78 Å². The van der Waals surface area contributed by atoms with Crippen molar-refractivity contribution in [1.29, 1.82) is 0 Å². The zero-order valence-electron chi connectivity index (χ0n) is 13.9. The zero-order valence-corrected chi connectivity index (χ0v) is 13.9. The first-order valence-corrected chi connectivity index (χ1v) is 7.43. The number of nitrogens with one attached hydrogen (secondary N) is 1. The zero-order chi connectivity index (χ0) is 17.4. The lowest BCUT2D eigenvalue weighted by Crippen LogP contribution is -2.47. The van der Waals surface area contributed by atoms with Crippen molar-refractivity contribution >= 4 is 11.9 Å². The predicted octanol–water partition coefficient (Wildman–Crippen LogP) is 0.697. The number of ether oxygens (including phenoxy) is 2. The van der Waals surface area contributed by atoms with Crippen molar-refractivity contribution in [3.63, 3.8) is 0 Å². The maximum atomic E-state index is 12.0. The molecule has 0 radical (unpaired) electrons. The van der Waals surface area contributed by atoms with Gasteiger partial charge in [-0.05, 0) is 18.4 Å². The summed E-state index contributed by atoms with van der Waals surface area (Å²) >= 11 is 0. The number of rotatable bonds is 8. The average molecular weight is 324 g/mol. The minimum atomic E-state index is -1.17. The van der Waals surface area contributed by atoms with E-state index in [4.69, 9.17) is 9.47 Å². The fraction of sp³-hybridized carbons (Fsp3) is 0.562. The van der Waals surface area contributed by atoms with E-state index in [2.05, 4.69) is 10.3 Å². The van der Waals surface area contributed by atoms with Crippen molar-refractivity contribution in [2.75, 3.05) is 14.2 Å². The van der Waals surface area contributed by atoms with Gasteiger partial charge in [0.15, 0.2) is 0 Å². The molecular formula is C16H24N2O5. The third-order valence-electron chi connectivity index (χ3n) is 3.27. The van der Waals surface area contributed by atoms with E-state index in [-0.39, 0.29) is 12.3 Å². The molecule has 7 nitrogen and oxygen atoms in total. The molecule has 23 heavy (non-hydrogen) atoms. The minimum Gasteiger partial charge on any atom is -0.481 e. The largest absolute Gasteiger partial charge is 0.481 e. The molecule has 1 heterocycles. The topological polar surface area (TPSA) is 97.8 Å². The summed E-state index contributed by atoms with van der Waals surface area (Å²) in [6.45, 7) is 3.80. The fourth-order valence-electron chi connectivity index (χ4n) is 2.14. The van der Waals surface area contributed by atoms with Crippen molar-refractivity contribution in [3.8, 4) is 5.88 Å². The van der Waals surface area contributed by atoms with E-state index in [1.807, 2.05) is 13.8 Å². The van der Waals surface area contributed by atoms with Crippen molar-refractivity contribution in [2.45, 2.75) is 38.8 Å². The molecule has 0 aliphatic heterocycles. The maximum absolute atomic E-state index is 12.0. The summed E-state index contributed by atoms with van der Waals surface area (Å²) in [6, 6.07) is 2.53. The quantitative estimate of drug-likeness (QED) is 0.683. The van der Waals surface area contributed by atoms with Crippen LogP contribution in [0.3, 0.4) is 0 Å². The van der Waals surface area contributed by atoms with Crippen LogP contribution in [0.4, 0.5) is 0 Å². The van der Waals surface area contributed by atoms with Gasteiger partial charge in [0.1, 0.15) is 12.1 Å². The molecule has 2 N–H and O–H groups in total. The van der Waals surface area contributed by atoms with Crippen LogP contribution in [0.25, 0.3) is 0 Å². The number of pyridine rings is 1. The van der Waals surface area contributed by atoms with Gasteiger partial charge in [0.25, 0.3) is 0 Å². The smallest absolute Gasteiger partial charge is 0.328 e. The molecule has 0 unspecified atom stereocenters. The minimum absolute atomic E-state index is 0.157. The molecular weight excluding hydrogens is 300 g/mol. The molecule has 1 rings (SSSR count). The lowest BCUT2D eigenvalue weighted by molar-refractivity contribution is -0.146. The number of carbonyl (C=O) groups is 2. The van der Waals surface area contributed by atoms with E-state index in [1.54, 1.807) is 18.3 Å². The van der Waals surface area contributed by atoms with Crippen LogP contribution in [0.1, 0.15) is 25.8 Å². The SMILES string of the molecule is COC(=O)[C@@H](Cc1cccnc1OC)NC(=O)[C@H](O)CC(C)C. The van der Waals surface area contributed by atoms with Gasteiger partial charge in [0, 0.05) is 18.2 Å². The standard InChI is InChI=1S/C16H24N2O5/c1-10(2)8-13(19)14(20)18-12(16(21)23-4)9-11-6-5-7-17-15(11)22-3/h5-7,10,12-13,19H,8-9H2,1-4H3,(H,18,20)/t12-,13-/m1/s1. The summed E-state index contributed by atoms with van der Waals surface area (Å²) in [5.41, 5.74) is 0.657. The summed E-state index contributed by atoms with van der Waals surface area (Å²) in [5, 5.41) is 12.4. The highest BCUT2D eigenvalue weighted by Crippen LogP contribution is 2.16. The van der Waals surface area contributed by atoms with Gasteiger partial charge in [-0.15, -0.1) is 0 Å². The van der Waals surface area contributed by atoms with Crippen LogP contribution < -0.4 is 10.1 Å². The van der Waals surface area contributed by atoms with Crippen LogP contribution in [-0.4, -0.2) is 48.3 Å². The van der Waals surface area contributed by atoms with E-state index in [0.717, 1.165) is 0 Å². The van der Waals surface area contributed by atoms with Gasteiger partial charge in [-0.1, -0.05) is 19.9 Å². The normalized spacial score (nSPS) is 13.3. The molecule has 0 aliphatic carbocycles. The highest BCUT2D eigenvalue weighted by Gasteiger charge is 2.26. The summed E-state index contributed by atoms with van der Waals surface area (Å²) in [7, 11) is 2.72. The van der Waals surface area contributed by atoms with E-state index in [9.17, 15) is 14.7 Å². The Hall–Kier alpha value is -2.15. The van der Waals surface area contributed by atoms with Gasteiger partial charge in [-0.3, -0.25) is 4.79 Å². The van der Waals surface area contributed by atoms with Gasteiger partial charge in [0.05, 0.1) is 14.2 Å². The van der Waals surface area contributed by atoms with Gasteiger partial charge in [0.2, 0.25) is 11.8 Å². The molecule has 1 aromatic heterocycles. The van der Waals surface area contributed by atoms with Gasteiger partial charge >= 0.3 is 5.97 Å². The monoisotopic (exact) mass is 324 g/mol. The molecule has 0 fully saturated rings. The molecule has 0 spiro atoms. The number of hydrogen-bond donors (Lipinski definition) is 2. The Morgan fingerprint density at radius 2 is 2.04 bits per heavy atom. The van der Waals surface area contributed by atoms with Crippen LogP contribution in [0.2, 0.25) is 0 Å². The molecule has 1 amide bonds. The third kappa shape index (κ3) is 5.86. The van der Waals surface area contributed by atoms with Crippen molar-refractivity contribution < 1.29 is 24.2 Å². The van der Waals surface area contributed by atoms with Crippen molar-refractivity contribution in [2.24, 2.45) is 5.92 Å². The van der Waals surface area contributed by atoms with Crippen LogP contribution in [0.5, 0.6) is 5.88 Å². The summed E-state index contributed by atoms with van der Waals surface area (Å²) in [4.78, 5) is 28.0. The van der Waals surface area contributed by atoms with Crippen LogP contribution in [0.15, 0.2) is 18.3 Å². The highest BCUT2D eigenvalue weighted by atomic mass is 16.5. The number of aromatic nitrogens is 1. The molecule has 1 aromatic rings. The van der Waals surface area contributed by atoms with E-state index < -0.39 is 24.0 Å². The van der Waals surface area contributed by atoms with E-state index in [1.165, 1.54) is 14.2 Å². The Morgan fingerprint density at radius 3 is 2.61 bits per heavy atom. The summed E-state index contributed by atoms with van der Waals surface area (Å²) in [5.74, 6) is -0.665. The Balaban J connectivity index is 2.85. The Kier molecular flexibility index (Phi) is 7.47. The Morgan fingerprint density at radius 1 is 1.35 bits per heavy atom. The lowest BCUT2D eigenvalue weighted by atomic mass is 10.0. The number of carbonyl (C=O) groups excluding carboxylic acids is 2. The number of hydrogen-bond acceptors (Lipinski definition) is 6. The van der Waals surface area contributed by atoms with Gasteiger partial charge < -0.3 is 19.9 Å². The molecule has 7 heteroatoms. The molecule has 0 saturated carbocycles. The third-order valence-corrected chi connectivity index (χ3v) is 3.27. The van der Waals surface area contributed by atoms with Crippen LogP contribution in [-0.2, 0) is 20.7 Å². The second-order valence-electron chi connectivity index (χ2n) is 5.61. The summed E-state index contributed by atoms with van der Waals surface area (Å²) < 4.78 is 9.86. The molecule has 0 saturated heterocycles. The highest BCUT2D eigenvalue weighted by molar-refractivity contribution is 5.87. The first kappa shape index (κ1) is 18.9. The number of methoxy groups -OCH3 is 2. The Bertz CT molecular complexity index is 533. The lowest BCUT2D eigenvalue weighted by Gasteiger charge is -2.20. The second-order valence-corrected chi connectivity index (χ2v) is 5.61. The number of aliphatic hydroxyl groups excluding tert-OH is 1. The first-order valence-electron chi connectivity index (χ1n) is 7.43. The molecule has 128 valence electrons. The molecule has 0 aliphatic rings. The van der Waals surface area contributed by atoms with Crippen LogP contribution in [0, 0.1) is 5.92 Å². The van der Waals surface area contributed by atoms with E-state index >= 15 is 0 Å². The number of esters is 1. The van der Waals surface area contributed by atoms with Crippen LogP contribution >= 0.6 is 0 Å². The number of aliphatic hydroxyl groups is 1. The number of nitrogens with zero attached hydrogens (tertiary/aromatic N) is 1. The second kappa shape index (κ2) is 9.09. The molecule has 0 aromatic carbocycles. The molecule has 0 bridgehead atoms. The van der Waals surface area contributed by atoms with Gasteiger partial charge in [-0.2, -0.15) is 0 Å². The summed E-state index contributed by atoms with van der Waals surface area (Å²) in [6.07, 6.45) is 0.873. The maximum Gasteiger partial charge on any atom is 0.328 e. The molecule has 2 atom stereocenters. The van der Waals surface area contributed by atoms with Crippen molar-refractivity contribution in [1.82, 2.24) is 10.3 Å². The predicted molar refractivity (Wildman–Crippen MR) is 83.9 cm³/mol. The fourth-order valence-corrected chi connectivity index (χ4v) is 2.14. The Labute approximate surface area is 136 Å². The van der Waals surface area contributed by atoms with E-state index in [0.29, 0.717) is 17.9 Å². The van der Waals surface area contributed by atoms with Crippen molar-refractivity contribution in [3.05, 3.63) is 23.9 Å².